The van der Waals surface area contributed by atoms with Gasteiger partial charge in [0.1, 0.15) is 25.4 Å². The number of amides is 1. The molecule has 0 saturated carbocycles. The van der Waals surface area contributed by atoms with Crippen LogP contribution in [0.5, 0.6) is 0 Å². The van der Waals surface area contributed by atoms with Crippen LogP contribution in [0, 0.1) is 0 Å². The maximum Gasteiger partial charge on any atom is 0.407 e. The standard InChI is InChI=1S/C28H39NO19/c1-11(30)38-9-18-20(40-13(3)32)22(41-14(4)33)25(26(45-18)44-17(7)36)47-27-24(43-16(6)35)23(42-15(5)34)21(48-28(37)29-8)19(46-27)10-39-12(2)31/h18-27H,9-10H2,1-8H3,(H,29,37)/t18-,19+,20+,21+,22-,23-,24-,25-,26-,27+/m0/s1. The number of alkyl carbamates (subject to hydrolysis) is 1. The van der Waals surface area contributed by atoms with E-state index in [1.54, 1.807) is 0 Å². The topological polar surface area (TPSA) is 250 Å². The molecule has 1 N–H and O–H groups in total. The van der Waals surface area contributed by atoms with Crippen LogP contribution in [0.3, 0.4) is 0 Å². The molecular weight excluding hydrogens is 654 g/mol. The minimum atomic E-state index is -1.88. The van der Waals surface area contributed by atoms with Gasteiger partial charge in [-0.05, 0) is 0 Å². The molecule has 20 nitrogen and oxygen atoms in total. The predicted molar refractivity (Wildman–Crippen MR) is 149 cm³/mol. The van der Waals surface area contributed by atoms with Crippen molar-refractivity contribution in [2.24, 2.45) is 0 Å². The van der Waals surface area contributed by atoms with Crippen LogP contribution < -0.4 is 5.32 Å². The molecule has 0 aromatic rings. The Morgan fingerprint density at radius 3 is 1.25 bits per heavy atom. The van der Waals surface area contributed by atoms with E-state index < -0.39 is 123 Å². The van der Waals surface area contributed by atoms with Gasteiger partial charge in [-0.3, -0.25) is 33.6 Å². The molecule has 0 bridgehead atoms. The Labute approximate surface area is 274 Å². The smallest absolute Gasteiger partial charge is 0.407 e. The molecule has 0 aromatic heterocycles. The highest BCUT2D eigenvalue weighted by Gasteiger charge is 2.58. The van der Waals surface area contributed by atoms with Crippen molar-refractivity contribution in [3.05, 3.63) is 0 Å². The van der Waals surface area contributed by atoms with Gasteiger partial charge in [0.15, 0.2) is 42.9 Å². The molecule has 2 rings (SSSR count). The molecule has 2 fully saturated rings. The molecule has 10 atom stereocenters. The minimum absolute atomic E-state index is 0.566. The van der Waals surface area contributed by atoms with E-state index in [2.05, 4.69) is 5.32 Å². The Morgan fingerprint density at radius 1 is 0.458 bits per heavy atom. The van der Waals surface area contributed by atoms with E-state index >= 15 is 0 Å². The van der Waals surface area contributed by atoms with E-state index in [9.17, 15) is 38.4 Å². The number of rotatable bonds is 12. The van der Waals surface area contributed by atoms with Gasteiger partial charge >= 0.3 is 47.9 Å². The summed E-state index contributed by atoms with van der Waals surface area (Å²) in [6.07, 6.45) is -17.7. The van der Waals surface area contributed by atoms with Gasteiger partial charge in [0.25, 0.3) is 0 Å². The number of carbonyl (C=O) groups is 8. The van der Waals surface area contributed by atoms with Gasteiger partial charge in [0.05, 0.1) is 0 Å². The average molecular weight is 694 g/mol. The molecule has 0 spiro atoms. The van der Waals surface area contributed by atoms with Crippen LogP contribution in [0.15, 0.2) is 0 Å². The molecule has 2 saturated heterocycles. The SMILES string of the molecule is CNC(=O)O[C@H]1[C@H](OC(C)=O)[C@H](OC(C)=O)[C@@H](O[C@@H]2[C@@H](OC(C)=O)O[C@@H](COC(C)=O)[C@@H](OC(C)=O)[C@@H]2OC(C)=O)O[C@@H]1COC(C)=O. The highest BCUT2D eigenvalue weighted by Crippen LogP contribution is 2.35. The molecule has 48 heavy (non-hydrogen) atoms. The molecule has 2 aliphatic rings. The van der Waals surface area contributed by atoms with Crippen LogP contribution in [0.25, 0.3) is 0 Å². The third-order valence-electron chi connectivity index (χ3n) is 6.31. The number of hydrogen-bond acceptors (Lipinski definition) is 19. The van der Waals surface area contributed by atoms with Crippen molar-refractivity contribution in [2.45, 2.75) is 110 Å². The summed E-state index contributed by atoms with van der Waals surface area (Å²) in [5, 5.41) is 2.20. The van der Waals surface area contributed by atoms with E-state index in [4.69, 9.17) is 52.1 Å². The average Bonchev–Trinajstić information content (AvgIpc) is 2.95. The maximum absolute atomic E-state index is 12.3. The zero-order chi connectivity index (χ0) is 36.3. The molecule has 270 valence electrons. The molecule has 20 heteroatoms. The van der Waals surface area contributed by atoms with E-state index in [0.29, 0.717) is 0 Å². The van der Waals surface area contributed by atoms with Gasteiger partial charge in [-0.25, -0.2) is 4.79 Å². The minimum Gasteiger partial charge on any atom is -0.463 e. The van der Waals surface area contributed by atoms with Crippen molar-refractivity contribution in [1.82, 2.24) is 5.32 Å². The summed E-state index contributed by atoms with van der Waals surface area (Å²) in [6.45, 7) is 6.01. The molecule has 1 amide bonds. The first-order chi connectivity index (χ1) is 22.4. The number of carbonyl (C=O) groups excluding carboxylic acids is 8. The number of nitrogens with one attached hydrogen (secondary N) is 1. The zero-order valence-electron chi connectivity index (χ0n) is 27.4. The van der Waals surface area contributed by atoms with Crippen molar-refractivity contribution < 1.29 is 90.5 Å². The second kappa shape index (κ2) is 18.1. The maximum atomic E-state index is 12.3. The zero-order valence-corrected chi connectivity index (χ0v) is 27.4. The summed E-state index contributed by atoms with van der Waals surface area (Å²) in [5.74, 6) is -6.20. The summed E-state index contributed by atoms with van der Waals surface area (Å²) in [4.78, 5) is 96.8. The van der Waals surface area contributed by atoms with Crippen molar-refractivity contribution in [1.29, 1.82) is 0 Å². The third-order valence-corrected chi connectivity index (χ3v) is 6.31. The van der Waals surface area contributed by atoms with E-state index in [1.165, 1.54) is 7.05 Å². The van der Waals surface area contributed by atoms with Crippen molar-refractivity contribution >= 4 is 47.9 Å². The summed E-state index contributed by atoms with van der Waals surface area (Å²) >= 11 is 0. The largest absolute Gasteiger partial charge is 0.463 e. The number of esters is 7. The summed E-state index contributed by atoms with van der Waals surface area (Å²) in [7, 11) is 1.23. The number of hydrogen-bond donors (Lipinski definition) is 1. The third kappa shape index (κ3) is 11.9. The molecule has 2 heterocycles. The fourth-order valence-corrected chi connectivity index (χ4v) is 4.72. The lowest BCUT2D eigenvalue weighted by Gasteiger charge is -2.48. The van der Waals surface area contributed by atoms with Gasteiger partial charge in [-0.1, -0.05) is 0 Å². The highest BCUT2D eigenvalue weighted by molar-refractivity contribution is 5.70. The molecule has 2 aliphatic heterocycles. The molecular formula is C28H39NO19. The lowest BCUT2D eigenvalue weighted by Crippen LogP contribution is -2.67. The van der Waals surface area contributed by atoms with Crippen LogP contribution in [0.1, 0.15) is 48.5 Å². The van der Waals surface area contributed by atoms with Crippen LogP contribution >= 0.6 is 0 Å². The number of ether oxygens (including phenoxy) is 11. The first-order valence-electron chi connectivity index (χ1n) is 14.4. The van der Waals surface area contributed by atoms with Crippen molar-refractivity contribution in [3.8, 4) is 0 Å². The lowest BCUT2D eigenvalue weighted by molar-refractivity contribution is -0.363. The second-order valence-electron chi connectivity index (χ2n) is 10.3. The van der Waals surface area contributed by atoms with E-state index in [1.807, 2.05) is 0 Å². The fraction of sp³-hybridized carbons (Fsp3) is 0.714. The predicted octanol–water partition coefficient (Wildman–Crippen LogP) is -1.04. The molecule has 0 radical (unpaired) electrons. The van der Waals surface area contributed by atoms with Crippen LogP contribution in [0.4, 0.5) is 4.79 Å². The van der Waals surface area contributed by atoms with Crippen molar-refractivity contribution in [3.63, 3.8) is 0 Å². The lowest BCUT2D eigenvalue weighted by atomic mass is 9.96. The van der Waals surface area contributed by atoms with Crippen LogP contribution in [-0.2, 0) is 85.7 Å². The van der Waals surface area contributed by atoms with Gasteiger partial charge in [0, 0.05) is 55.5 Å². The summed E-state index contributed by atoms with van der Waals surface area (Å²) in [5.41, 5.74) is 0. The highest BCUT2D eigenvalue weighted by atomic mass is 16.8. The molecule has 0 unspecified atom stereocenters. The Morgan fingerprint density at radius 2 is 0.833 bits per heavy atom. The van der Waals surface area contributed by atoms with Gasteiger partial charge in [0.2, 0.25) is 6.29 Å². The van der Waals surface area contributed by atoms with Crippen molar-refractivity contribution in [2.75, 3.05) is 20.3 Å². The fourth-order valence-electron chi connectivity index (χ4n) is 4.72. The normalized spacial score (nSPS) is 29.6. The van der Waals surface area contributed by atoms with Crippen LogP contribution in [0.2, 0.25) is 0 Å². The summed E-state index contributed by atoms with van der Waals surface area (Å²) in [6, 6.07) is 0. The molecule has 0 aliphatic carbocycles. The second-order valence-corrected chi connectivity index (χ2v) is 10.3. The Bertz CT molecular complexity index is 1220. The molecule has 0 aromatic carbocycles. The quantitative estimate of drug-likeness (QED) is 0.189. The van der Waals surface area contributed by atoms with Gasteiger partial charge in [-0.15, -0.1) is 0 Å². The first-order valence-corrected chi connectivity index (χ1v) is 14.4. The Kier molecular flexibility index (Phi) is 14.9. The van der Waals surface area contributed by atoms with Crippen LogP contribution in [-0.4, -0.2) is 130 Å². The summed E-state index contributed by atoms with van der Waals surface area (Å²) < 4.78 is 60.3. The first kappa shape index (κ1) is 39.6. The monoisotopic (exact) mass is 693 g/mol. The Balaban J connectivity index is 2.73. The van der Waals surface area contributed by atoms with E-state index in [-0.39, 0.29) is 0 Å². The van der Waals surface area contributed by atoms with Gasteiger partial charge in [-0.2, -0.15) is 0 Å². The van der Waals surface area contributed by atoms with Gasteiger partial charge < -0.3 is 57.4 Å². The Hall–Kier alpha value is -4.56. The van der Waals surface area contributed by atoms with E-state index in [0.717, 1.165) is 48.5 Å².